The van der Waals surface area contributed by atoms with Crippen LogP contribution in [0.3, 0.4) is 0 Å². The van der Waals surface area contributed by atoms with Crippen molar-refractivity contribution in [2.45, 2.75) is 32.2 Å². The van der Waals surface area contributed by atoms with Crippen LogP contribution >= 0.6 is 11.6 Å². The predicted molar refractivity (Wildman–Crippen MR) is 140 cm³/mol. The fraction of sp³-hybridized carbons (Fsp3) is 0.370. The number of ether oxygens (including phenoxy) is 3. The van der Waals surface area contributed by atoms with Crippen molar-refractivity contribution in [2.24, 2.45) is 5.92 Å². The molecule has 0 unspecified atom stereocenters. The Labute approximate surface area is 218 Å². The van der Waals surface area contributed by atoms with Crippen molar-refractivity contribution < 1.29 is 23.5 Å². The Balaban J connectivity index is 1.38. The van der Waals surface area contributed by atoms with Gasteiger partial charge in [-0.2, -0.15) is 0 Å². The lowest BCUT2D eigenvalue weighted by atomic mass is 10.1. The summed E-state index contributed by atoms with van der Waals surface area (Å²) in [6.07, 6.45) is 2.42. The molecule has 9 nitrogen and oxygen atoms in total. The second kappa shape index (κ2) is 9.97. The number of nitrogens with zero attached hydrogens (tertiary/aromatic N) is 2. The van der Waals surface area contributed by atoms with Gasteiger partial charge in [-0.05, 0) is 56.4 Å². The van der Waals surface area contributed by atoms with Crippen molar-refractivity contribution in [3.63, 3.8) is 0 Å². The molecule has 0 saturated heterocycles. The summed E-state index contributed by atoms with van der Waals surface area (Å²) >= 11 is 6.54. The van der Waals surface area contributed by atoms with Crippen molar-refractivity contribution in [3.8, 4) is 17.2 Å². The van der Waals surface area contributed by atoms with Crippen LogP contribution in [0.25, 0.3) is 21.8 Å². The first-order valence-electron chi connectivity index (χ1n) is 12.0. The Morgan fingerprint density at radius 1 is 1.14 bits per heavy atom. The van der Waals surface area contributed by atoms with Gasteiger partial charge in [0, 0.05) is 23.5 Å². The van der Waals surface area contributed by atoms with Gasteiger partial charge in [-0.15, -0.1) is 0 Å². The Hall–Kier alpha value is -3.72. The Morgan fingerprint density at radius 2 is 1.86 bits per heavy atom. The third-order valence-electron chi connectivity index (χ3n) is 7.14. The molecule has 37 heavy (non-hydrogen) atoms. The number of carbonyl (C=O) groups is 1. The molecule has 1 aliphatic rings. The van der Waals surface area contributed by atoms with E-state index in [4.69, 9.17) is 30.3 Å². The van der Waals surface area contributed by atoms with Gasteiger partial charge in [0.25, 0.3) is 11.5 Å². The van der Waals surface area contributed by atoms with E-state index in [0.717, 1.165) is 30.2 Å². The number of amides is 1. The molecule has 0 bridgehead atoms. The molecule has 194 valence electrons. The zero-order valence-corrected chi connectivity index (χ0v) is 21.8. The predicted octanol–water partition coefficient (Wildman–Crippen LogP) is 4.90. The minimum atomic E-state index is -0.237. The molecule has 2 aromatic carbocycles. The number of fused-ring (bicyclic) bond motifs is 3. The molecule has 2 aromatic heterocycles. The highest BCUT2D eigenvalue weighted by Gasteiger charge is 2.30. The van der Waals surface area contributed by atoms with Crippen LogP contribution in [0.1, 0.15) is 41.4 Å². The van der Waals surface area contributed by atoms with Gasteiger partial charge in [-0.1, -0.05) is 22.8 Å². The Kier molecular flexibility index (Phi) is 6.72. The van der Waals surface area contributed by atoms with Crippen LogP contribution in [-0.4, -0.2) is 43.5 Å². The van der Waals surface area contributed by atoms with Crippen LogP contribution in [0.2, 0.25) is 5.02 Å². The molecule has 0 aliphatic heterocycles. The van der Waals surface area contributed by atoms with Crippen molar-refractivity contribution in [2.75, 3.05) is 27.9 Å². The standard InChI is InChI=1S/C27H28ClN3O6/c1-14-22-24(30-37-14)23-18(28)6-5-7-19(23)31(27(22)33)17-9-8-15(10-17)13-29-26(32)16-11-20(34-2)25(36-4)21(12-16)35-3/h5-7,11-12,15,17H,8-10,13H2,1-4H3,(H,29,32)/t15-,17+/m0/s1. The summed E-state index contributed by atoms with van der Waals surface area (Å²) in [5.74, 6) is 1.70. The molecule has 1 amide bonds. The number of nitrogens with one attached hydrogen (secondary N) is 1. The number of rotatable bonds is 7. The molecule has 1 aliphatic carbocycles. The normalized spacial score (nSPS) is 17.3. The third-order valence-corrected chi connectivity index (χ3v) is 7.46. The van der Waals surface area contributed by atoms with Crippen molar-refractivity contribution in [3.05, 3.63) is 57.0 Å². The fourth-order valence-corrected chi connectivity index (χ4v) is 5.61. The van der Waals surface area contributed by atoms with Crippen molar-refractivity contribution in [1.29, 1.82) is 0 Å². The maximum absolute atomic E-state index is 13.6. The van der Waals surface area contributed by atoms with Gasteiger partial charge in [0.15, 0.2) is 11.5 Å². The number of hydrogen-bond donors (Lipinski definition) is 1. The van der Waals surface area contributed by atoms with E-state index in [0.29, 0.717) is 51.0 Å². The highest BCUT2D eigenvalue weighted by Crippen LogP contribution is 2.39. The zero-order valence-electron chi connectivity index (χ0n) is 21.1. The van der Waals surface area contributed by atoms with E-state index in [-0.39, 0.29) is 23.4 Å². The highest BCUT2D eigenvalue weighted by atomic mass is 35.5. The molecule has 1 N–H and O–H groups in total. The molecule has 5 rings (SSSR count). The number of hydrogen-bond acceptors (Lipinski definition) is 7. The maximum atomic E-state index is 13.6. The molecular formula is C27H28ClN3O6. The van der Waals surface area contributed by atoms with Gasteiger partial charge in [0.1, 0.15) is 16.7 Å². The first-order chi connectivity index (χ1) is 17.9. The summed E-state index contributed by atoms with van der Waals surface area (Å²) in [6, 6.07) is 8.74. The average molecular weight is 526 g/mol. The Morgan fingerprint density at radius 3 is 2.54 bits per heavy atom. The maximum Gasteiger partial charge on any atom is 0.264 e. The minimum Gasteiger partial charge on any atom is -0.493 e. The summed E-state index contributed by atoms with van der Waals surface area (Å²) in [5.41, 5.74) is 1.52. The lowest BCUT2D eigenvalue weighted by Gasteiger charge is -2.19. The lowest BCUT2D eigenvalue weighted by molar-refractivity contribution is 0.0946. The smallest absolute Gasteiger partial charge is 0.264 e. The molecule has 2 atom stereocenters. The number of benzene rings is 2. The largest absolute Gasteiger partial charge is 0.493 e. The van der Waals surface area contributed by atoms with Crippen molar-refractivity contribution >= 4 is 39.3 Å². The third kappa shape index (κ3) is 4.27. The molecule has 1 saturated carbocycles. The lowest BCUT2D eigenvalue weighted by Crippen LogP contribution is -2.29. The summed E-state index contributed by atoms with van der Waals surface area (Å²) in [5, 5.41) is 8.84. The summed E-state index contributed by atoms with van der Waals surface area (Å²) in [7, 11) is 4.53. The quantitative estimate of drug-likeness (QED) is 0.366. The minimum absolute atomic E-state index is 0.0322. The monoisotopic (exact) mass is 525 g/mol. The van der Waals surface area contributed by atoms with E-state index in [1.165, 1.54) is 21.3 Å². The number of carbonyl (C=O) groups excluding carboxylic acids is 1. The Bertz CT molecular complexity index is 1530. The van der Waals surface area contributed by atoms with Gasteiger partial charge >= 0.3 is 0 Å². The second-order valence-corrected chi connectivity index (χ2v) is 9.64. The van der Waals surface area contributed by atoms with Gasteiger partial charge in [-0.3, -0.25) is 9.59 Å². The highest BCUT2D eigenvalue weighted by molar-refractivity contribution is 6.37. The van der Waals surface area contributed by atoms with E-state index in [2.05, 4.69) is 10.5 Å². The van der Waals surface area contributed by atoms with Crippen LogP contribution in [-0.2, 0) is 0 Å². The number of aromatic nitrogens is 2. The molecule has 0 spiro atoms. The number of pyridine rings is 1. The summed E-state index contributed by atoms with van der Waals surface area (Å²) in [4.78, 5) is 26.5. The molecule has 2 heterocycles. The number of methoxy groups -OCH3 is 3. The van der Waals surface area contributed by atoms with E-state index < -0.39 is 0 Å². The SMILES string of the molecule is COc1cc(C(=O)NC[C@H]2CC[C@@H](n3c(=O)c4c(C)onc4c4c(Cl)cccc43)C2)cc(OC)c1OC. The molecule has 1 fully saturated rings. The first kappa shape index (κ1) is 25.0. The molecule has 4 aromatic rings. The van der Waals surface area contributed by atoms with Crippen LogP contribution < -0.4 is 25.1 Å². The number of halogens is 1. The topological polar surface area (TPSA) is 105 Å². The summed E-state index contributed by atoms with van der Waals surface area (Å²) < 4.78 is 23.2. The van der Waals surface area contributed by atoms with Crippen LogP contribution in [0.15, 0.2) is 39.6 Å². The first-order valence-corrected chi connectivity index (χ1v) is 12.4. The second-order valence-electron chi connectivity index (χ2n) is 9.23. The van der Waals surface area contributed by atoms with E-state index >= 15 is 0 Å². The van der Waals surface area contributed by atoms with Crippen LogP contribution in [0.5, 0.6) is 17.2 Å². The summed E-state index contributed by atoms with van der Waals surface area (Å²) in [6.45, 7) is 2.22. The van der Waals surface area contributed by atoms with Gasteiger partial charge in [0.05, 0.1) is 31.9 Å². The molecule has 10 heteroatoms. The van der Waals surface area contributed by atoms with Crippen LogP contribution in [0.4, 0.5) is 0 Å². The number of aryl methyl sites for hydroxylation is 1. The van der Waals surface area contributed by atoms with Gasteiger partial charge < -0.3 is 28.6 Å². The van der Waals surface area contributed by atoms with Crippen molar-refractivity contribution in [1.82, 2.24) is 15.0 Å². The molecule has 0 radical (unpaired) electrons. The van der Waals surface area contributed by atoms with E-state index in [9.17, 15) is 9.59 Å². The van der Waals surface area contributed by atoms with Gasteiger partial charge in [-0.25, -0.2) is 0 Å². The average Bonchev–Trinajstić information content (AvgIpc) is 3.53. The van der Waals surface area contributed by atoms with E-state index in [1.807, 2.05) is 16.7 Å². The molecular weight excluding hydrogens is 498 g/mol. The van der Waals surface area contributed by atoms with Crippen LogP contribution in [0, 0.1) is 12.8 Å². The van der Waals surface area contributed by atoms with E-state index in [1.54, 1.807) is 25.1 Å². The fourth-order valence-electron chi connectivity index (χ4n) is 5.35. The zero-order chi connectivity index (χ0) is 26.3. The van der Waals surface area contributed by atoms with Gasteiger partial charge in [0.2, 0.25) is 5.75 Å².